The van der Waals surface area contributed by atoms with Crippen molar-refractivity contribution in [2.24, 2.45) is 0 Å². The molecule has 0 saturated carbocycles. The summed E-state index contributed by atoms with van der Waals surface area (Å²) in [6, 6.07) is 13.9. The number of amides is 1. The largest absolute Gasteiger partial charge is 0.493 e. The van der Waals surface area contributed by atoms with Crippen molar-refractivity contribution in [3.63, 3.8) is 0 Å². The first-order chi connectivity index (χ1) is 16.4. The summed E-state index contributed by atoms with van der Waals surface area (Å²) in [5.41, 5.74) is 0.703. The Labute approximate surface area is 194 Å². The smallest absolute Gasteiger partial charge is 0.265 e. The van der Waals surface area contributed by atoms with Gasteiger partial charge in [0.1, 0.15) is 11.6 Å². The molecule has 1 heterocycles. The summed E-state index contributed by atoms with van der Waals surface area (Å²) >= 11 is 0. The predicted molar refractivity (Wildman–Crippen MR) is 126 cm³/mol. The quantitative estimate of drug-likeness (QED) is 0.463. The highest BCUT2D eigenvalue weighted by Crippen LogP contribution is 2.38. The van der Waals surface area contributed by atoms with E-state index in [1.165, 1.54) is 56.2 Å². The molecule has 0 fully saturated rings. The van der Waals surface area contributed by atoms with Crippen LogP contribution in [0.5, 0.6) is 17.2 Å². The molecule has 1 amide bonds. The molecular formula is C25H22FN3O5. The number of rotatable bonds is 6. The van der Waals surface area contributed by atoms with Gasteiger partial charge in [-0.3, -0.25) is 14.2 Å². The number of carbonyl (C=O) groups is 1. The number of anilines is 1. The van der Waals surface area contributed by atoms with Crippen LogP contribution in [0.4, 0.5) is 10.1 Å². The van der Waals surface area contributed by atoms with E-state index in [0.29, 0.717) is 28.2 Å². The Morgan fingerprint density at radius 2 is 1.65 bits per heavy atom. The molecule has 4 rings (SSSR count). The topological polar surface area (TPSA) is 91.7 Å². The highest BCUT2D eigenvalue weighted by molar-refractivity contribution is 6.05. The van der Waals surface area contributed by atoms with Gasteiger partial charge in [-0.1, -0.05) is 12.1 Å². The standard InChI is InChI=1S/C25H22FN3O5/c1-14-27-19-8-6-5-7-17(19)25(31)29(14)16-9-10-18(26)20(13-16)28-24(30)15-11-21(32-2)23(34-4)22(12-15)33-3/h5-13H,1-4H3,(H,28,30). The fourth-order valence-electron chi connectivity index (χ4n) is 3.70. The maximum absolute atomic E-state index is 14.6. The number of aromatic nitrogens is 2. The van der Waals surface area contributed by atoms with Gasteiger partial charge in [0.25, 0.3) is 11.5 Å². The lowest BCUT2D eigenvalue weighted by Gasteiger charge is -2.15. The van der Waals surface area contributed by atoms with Crippen molar-refractivity contribution in [1.29, 1.82) is 0 Å². The summed E-state index contributed by atoms with van der Waals surface area (Å²) in [7, 11) is 4.31. The second-order valence-electron chi connectivity index (χ2n) is 7.35. The number of benzene rings is 3. The molecule has 0 radical (unpaired) electrons. The Hall–Kier alpha value is -4.40. The molecule has 9 heteroatoms. The zero-order chi connectivity index (χ0) is 24.4. The molecule has 0 unspecified atom stereocenters. The van der Waals surface area contributed by atoms with Crippen LogP contribution in [0.3, 0.4) is 0 Å². The van der Waals surface area contributed by atoms with E-state index < -0.39 is 11.7 Å². The second kappa shape index (κ2) is 9.22. The molecule has 8 nitrogen and oxygen atoms in total. The van der Waals surface area contributed by atoms with Crippen LogP contribution in [0.15, 0.2) is 59.4 Å². The van der Waals surface area contributed by atoms with Crippen LogP contribution < -0.4 is 25.1 Å². The molecule has 0 saturated heterocycles. The number of methoxy groups -OCH3 is 3. The van der Waals surface area contributed by atoms with Gasteiger partial charge < -0.3 is 19.5 Å². The average Bonchev–Trinajstić information content (AvgIpc) is 2.84. The third-order valence-electron chi connectivity index (χ3n) is 5.33. The third kappa shape index (κ3) is 4.03. The van der Waals surface area contributed by atoms with Gasteiger partial charge in [-0.25, -0.2) is 9.37 Å². The fraction of sp³-hybridized carbons (Fsp3) is 0.160. The van der Waals surface area contributed by atoms with E-state index in [1.54, 1.807) is 31.2 Å². The lowest BCUT2D eigenvalue weighted by molar-refractivity contribution is 0.102. The van der Waals surface area contributed by atoms with Crippen LogP contribution >= 0.6 is 0 Å². The number of halogens is 1. The number of hydrogen-bond donors (Lipinski definition) is 1. The van der Waals surface area contributed by atoms with Crippen molar-refractivity contribution in [3.8, 4) is 22.9 Å². The van der Waals surface area contributed by atoms with Crippen molar-refractivity contribution in [1.82, 2.24) is 9.55 Å². The third-order valence-corrected chi connectivity index (χ3v) is 5.33. The van der Waals surface area contributed by atoms with Gasteiger partial charge in [0, 0.05) is 5.56 Å². The van der Waals surface area contributed by atoms with E-state index in [0.717, 1.165) is 0 Å². The number of hydrogen-bond acceptors (Lipinski definition) is 6. The van der Waals surface area contributed by atoms with Crippen LogP contribution in [-0.4, -0.2) is 36.8 Å². The van der Waals surface area contributed by atoms with Crippen LogP contribution in [0, 0.1) is 12.7 Å². The molecule has 0 aliphatic rings. The van der Waals surface area contributed by atoms with E-state index >= 15 is 0 Å². The summed E-state index contributed by atoms with van der Waals surface area (Å²) in [6.45, 7) is 1.69. The first-order valence-electron chi connectivity index (χ1n) is 10.3. The van der Waals surface area contributed by atoms with E-state index in [-0.39, 0.29) is 28.3 Å². The van der Waals surface area contributed by atoms with Gasteiger partial charge in [-0.2, -0.15) is 0 Å². The second-order valence-corrected chi connectivity index (χ2v) is 7.35. The summed E-state index contributed by atoms with van der Waals surface area (Å²) in [6.07, 6.45) is 0. The van der Waals surface area contributed by atoms with E-state index in [2.05, 4.69) is 10.3 Å². The number of nitrogens with zero attached hydrogens (tertiary/aromatic N) is 2. The SMILES string of the molecule is COc1cc(C(=O)Nc2cc(-n3c(C)nc4ccccc4c3=O)ccc2F)cc(OC)c1OC. The van der Waals surface area contributed by atoms with Gasteiger partial charge in [0.05, 0.1) is 43.6 Å². The Bertz CT molecular complexity index is 1440. The number of nitrogens with one attached hydrogen (secondary N) is 1. The Balaban J connectivity index is 1.74. The number of fused-ring (bicyclic) bond motifs is 1. The summed E-state index contributed by atoms with van der Waals surface area (Å²) in [5.74, 6) is 0.0573. The van der Waals surface area contributed by atoms with Crippen molar-refractivity contribution in [2.75, 3.05) is 26.6 Å². The summed E-state index contributed by atoms with van der Waals surface area (Å²) in [4.78, 5) is 30.5. The highest BCUT2D eigenvalue weighted by atomic mass is 19.1. The Morgan fingerprint density at radius 3 is 2.29 bits per heavy atom. The van der Waals surface area contributed by atoms with Crippen LogP contribution in [0.1, 0.15) is 16.2 Å². The first kappa shape index (κ1) is 22.8. The molecule has 0 spiro atoms. The van der Waals surface area contributed by atoms with Crippen molar-refractivity contribution in [3.05, 3.63) is 82.2 Å². The van der Waals surface area contributed by atoms with Gasteiger partial charge in [-0.05, 0) is 49.4 Å². The molecule has 4 aromatic rings. The van der Waals surface area contributed by atoms with Gasteiger partial charge in [0.2, 0.25) is 5.75 Å². The molecule has 174 valence electrons. The maximum Gasteiger partial charge on any atom is 0.265 e. The van der Waals surface area contributed by atoms with E-state index in [4.69, 9.17) is 14.2 Å². The molecule has 0 atom stereocenters. The minimum absolute atomic E-state index is 0.101. The van der Waals surface area contributed by atoms with Gasteiger partial charge in [-0.15, -0.1) is 0 Å². The van der Waals surface area contributed by atoms with Crippen molar-refractivity contribution < 1.29 is 23.4 Å². The number of aryl methyl sites for hydroxylation is 1. The average molecular weight is 463 g/mol. The lowest BCUT2D eigenvalue weighted by atomic mass is 10.1. The first-order valence-corrected chi connectivity index (χ1v) is 10.3. The van der Waals surface area contributed by atoms with Crippen molar-refractivity contribution in [2.45, 2.75) is 6.92 Å². The molecule has 0 aliphatic carbocycles. The molecule has 0 aliphatic heterocycles. The summed E-state index contributed by atoms with van der Waals surface area (Å²) in [5, 5.41) is 2.98. The van der Waals surface area contributed by atoms with Gasteiger partial charge >= 0.3 is 0 Å². The predicted octanol–water partition coefficient (Wildman–Crippen LogP) is 4.11. The monoisotopic (exact) mass is 463 g/mol. The number of ether oxygens (including phenoxy) is 3. The molecule has 1 aromatic heterocycles. The van der Waals surface area contributed by atoms with Crippen molar-refractivity contribution >= 4 is 22.5 Å². The normalized spacial score (nSPS) is 10.7. The Morgan fingerprint density at radius 1 is 0.971 bits per heavy atom. The molecule has 34 heavy (non-hydrogen) atoms. The molecule has 3 aromatic carbocycles. The van der Waals surface area contributed by atoms with Crippen LogP contribution in [0.25, 0.3) is 16.6 Å². The highest BCUT2D eigenvalue weighted by Gasteiger charge is 2.19. The Kier molecular flexibility index (Phi) is 6.18. The van der Waals surface area contributed by atoms with Gasteiger partial charge in [0.15, 0.2) is 11.5 Å². The molecule has 1 N–H and O–H groups in total. The van der Waals surface area contributed by atoms with E-state index in [1.807, 2.05) is 0 Å². The minimum Gasteiger partial charge on any atom is -0.493 e. The molecule has 0 bridgehead atoms. The number of carbonyl (C=O) groups excluding carboxylic acids is 1. The molecular weight excluding hydrogens is 441 g/mol. The summed E-state index contributed by atoms with van der Waals surface area (Å²) < 4.78 is 31.8. The maximum atomic E-state index is 14.6. The fourth-order valence-corrected chi connectivity index (χ4v) is 3.70. The van der Waals surface area contributed by atoms with E-state index in [9.17, 15) is 14.0 Å². The lowest BCUT2D eigenvalue weighted by Crippen LogP contribution is -2.22. The van der Waals surface area contributed by atoms with Crippen LogP contribution in [0.2, 0.25) is 0 Å². The zero-order valence-electron chi connectivity index (χ0n) is 19.0. The van der Waals surface area contributed by atoms with Crippen LogP contribution in [-0.2, 0) is 0 Å². The zero-order valence-corrected chi connectivity index (χ0v) is 19.0. The minimum atomic E-state index is -0.663. The number of para-hydroxylation sites is 1.